The van der Waals surface area contributed by atoms with Crippen molar-refractivity contribution in [3.05, 3.63) is 35.9 Å². The number of carboxylic acids is 1. The molecule has 1 aliphatic heterocycles. The van der Waals surface area contributed by atoms with E-state index >= 15 is 0 Å². The molecule has 1 unspecified atom stereocenters. The zero-order valence-electron chi connectivity index (χ0n) is 18.0. The van der Waals surface area contributed by atoms with E-state index in [1.807, 2.05) is 18.2 Å². The summed E-state index contributed by atoms with van der Waals surface area (Å²) in [6.07, 6.45) is 4.89. The first-order valence-corrected chi connectivity index (χ1v) is 10.6. The number of carbonyl (C=O) groups is 1. The van der Waals surface area contributed by atoms with Crippen molar-refractivity contribution in [2.24, 2.45) is 5.73 Å². The summed E-state index contributed by atoms with van der Waals surface area (Å²) in [5.74, 6) is -1.02. The van der Waals surface area contributed by atoms with Crippen LogP contribution in [0.4, 0.5) is 0 Å². The number of piperidine rings is 1. The van der Waals surface area contributed by atoms with Gasteiger partial charge in [-0.3, -0.25) is 4.79 Å². The summed E-state index contributed by atoms with van der Waals surface area (Å²) in [4.78, 5) is 13.8. The number of hydrogen-bond donors (Lipinski definition) is 5. The molecule has 31 heavy (non-hydrogen) atoms. The van der Waals surface area contributed by atoms with Crippen LogP contribution in [0, 0.1) is 0 Å². The molecule has 178 valence electrons. The lowest BCUT2D eigenvalue weighted by atomic mass is 9.81. The minimum absolute atomic E-state index is 0. The number of nitrogens with two attached hydrogens (primary N) is 1. The number of aryl methyl sites for hydroxylation is 1. The average molecular weight is 479 g/mol. The molecular formula is C21H37BCl2N2O5. The normalized spacial score (nSPS) is 17.7. The van der Waals surface area contributed by atoms with Crippen LogP contribution in [0.2, 0.25) is 6.32 Å². The van der Waals surface area contributed by atoms with Gasteiger partial charge in [0.1, 0.15) is 5.54 Å². The maximum Gasteiger partial charge on any atom is 0.451 e. The van der Waals surface area contributed by atoms with Crippen LogP contribution >= 0.6 is 24.8 Å². The Labute approximate surface area is 198 Å². The van der Waals surface area contributed by atoms with E-state index < -0.39 is 24.2 Å². The molecule has 0 aromatic heterocycles. The molecule has 7 nitrogen and oxygen atoms in total. The smallest absolute Gasteiger partial charge is 0.451 e. The van der Waals surface area contributed by atoms with Crippen molar-refractivity contribution in [3.63, 3.8) is 0 Å². The van der Waals surface area contributed by atoms with Crippen molar-refractivity contribution in [1.82, 2.24) is 4.90 Å². The zero-order valence-corrected chi connectivity index (χ0v) is 19.6. The Morgan fingerprint density at radius 1 is 1.10 bits per heavy atom. The van der Waals surface area contributed by atoms with Crippen LogP contribution in [0.3, 0.4) is 0 Å². The summed E-state index contributed by atoms with van der Waals surface area (Å²) in [7, 11) is -1.36. The van der Waals surface area contributed by atoms with Gasteiger partial charge < -0.3 is 30.9 Å². The number of aliphatic hydroxyl groups is 1. The second kappa shape index (κ2) is 14.3. The standard InChI is InChI=1S/C21H35BN2O5.2ClH/c23-21(19(25)26,9-4-5-14-22(28)29)13-17-24-15-11-20(27,12-16-24)10-8-18-6-2-1-3-7-18;;/h1-3,6-7,27-29H,4-5,8-17,23H2,(H,25,26);2*1H. The Bertz CT molecular complexity index is 633. The number of hydrogen-bond acceptors (Lipinski definition) is 6. The Hall–Kier alpha value is -0.865. The Kier molecular flexibility index (Phi) is 13.9. The van der Waals surface area contributed by atoms with E-state index in [4.69, 9.17) is 15.8 Å². The maximum atomic E-state index is 11.7. The van der Waals surface area contributed by atoms with E-state index in [0.29, 0.717) is 45.1 Å². The lowest BCUT2D eigenvalue weighted by Gasteiger charge is -2.39. The molecule has 1 fully saturated rings. The number of likely N-dealkylation sites (tertiary alicyclic amines) is 1. The van der Waals surface area contributed by atoms with E-state index in [1.165, 1.54) is 5.56 Å². The Morgan fingerprint density at radius 2 is 1.71 bits per heavy atom. The molecule has 10 heteroatoms. The van der Waals surface area contributed by atoms with E-state index in [0.717, 1.165) is 25.9 Å². The van der Waals surface area contributed by atoms with Gasteiger partial charge in [0.2, 0.25) is 0 Å². The molecule has 0 amide bonds. The first-order chi connectivity index (χ1) is 13.7. The monoisotopic (exact) mass is 478 g/mol. The fraction of sp³-hybridized carbons (Fsp3) is 0.667. The molecule has 0 radical (unpaired) electrons. The van der Waals surface area contributed by atoms with E-state index in [-0.39, 0.29) is 31.1 Å². The van der Waals surface area contributed by atoms with Gasteiger partial charge >= 0.3 is 13.1 Å². The van der Waals surface area contributed by atoms with Crippen LogP contribution in [0.25, 0.3) is 0 Å². The predicted octanol–water partition coefficient (Wildman–Crippen LogP) is 2.11. The van der Waals surface area contributed by atoms with Crippen LogP contribution in [-0.4, -0.2) is 69.0 Å². The molecule has 1 atom stereocenters. The minimum Gasteiger partial charge on any atom is -0.480 e. The lowest BCUT2D eigenvalue weighted by molar-refractivity contribution is -0.144. The fourth-order valence-electron chi connectivity index (χ4n) is 3.93. The largest absolute Gasteiger partial charge is 0.480 e. The van der Waals surface area contributed by atoms with Crippen molar-refractivity contribution in [2.75, 3.05) is 19.6 Å². The Balaban J connectivity index is 0.00000450. The van der Waals surface area contributed by atoms with Crippen LogP contribution in [0.5, 0.6) is 0 Å². The van der Waals surface area contributed by atoms with Gasteiger partial charge in [-0.2, -0.15) is 0 Å². The first kappa shape index (κ1) is 30.1. The number of halogens is 2. The third-order valence-electron chi connectivity index (χ3n) is 6.14. The summed E-state index contributed by atoms with van der Waals surface area (Å²) in [6, 6.07) is 10.2. The van der Waals surface area contributed by atoms with Crippen LogP contribution in [0.15, 0.2) is 30.3 Å². The summed E-state index contributed by atoms with van der Waals surface area (Å²) in [6.45, 7) is 2.05. The highest BCUT2D eigenvalue weighted by molar-refractivity contribution is 6.40. The molecule has 0 saturated carbocycles. The molecular weight excluding hydrogens is 442 g/mol. The number of unbranched alkanes of at least 4 members (excludes halogenated alkanes) is 1. The van der Waals surface area contributed by atoms with Crippen molar-refractivity contribution in [1.29, 1.82) is 0 Å². The van der Waals surface area contributed by atoms with Gasteiger partial charge in [-0.15, -0.1) is 24.8 Å². The Morgan fingerprint density at radius 3 is 2.26 bits per heavy atom. The van der Waals surface area contributed by atoms with Gasteiger partial charge in [0.15, 0.2) is 0 Å². The van der Waals surface area contributed by atoms with E-state index in [1.54, 1.807) is 0 Å². The van der Waals surface area contributed by atoms with Gasteiger partial charge in [-0.25, -0.2) is 0 Å². The molecule has 1 aliphatic rings. The summed E-state index contributed by atoms with van der Waals surface area (Å²) >= 11 is 0. The fourth-order valence-corrected chi connectivity index (χ4v) is 3.93. The molecule has 0 aliphatic carbocycles. The van der Waals surface area contributed by atoms with Crippen molar-refractivity contribution in [3.8, 4) is 0 Å². The quantitative estimate of drug-likeness (QED) is 0.230. The van der Waals surface area contributed by atoms with Gasteiger partial charge in [-0.05, 0) is 50.4 Å². The van der Waals surface area contributed by atoms with E-state index in [9.17, 15) is 15.0 Å². The zero-order chi connectivity index (χ0) is 21.3. The highest BCUT2D eigenvalue weighted by Crippen LogP contribution is 2.28. The molecule has 1 heterocycles. The van der Waals surface area contributed by atoms with Gasteiger partial charge in [0.05, 0.1) is 5.60 Å². The first-order valence-electron chi connectivity index (χ1n) is 10.6. The maximum absolute atomic E-state index is 11.7. The molecule has 1 aromatic rings. The van der Waals surface area contributed by atoms with Gasteiger partial charge in [0.25, 0.3) is 0 Å². The second-order valence-electron chi connectivity index (χ2n) is 8.49. The van der Waals surface area contributed by atoms with Gasteiger partial charge in [0, 0.05) is 19.6 Å². The molecule has 1 aromatic carbocycles. The number of carboxylic acid groups (broad SMARTS) is 1. The van der Waals surface area contributed by atoms with Crippen molar-refractivity contribution in [2.45, 2.75) is 68.8 Å². The number of rotatable bonds is 12. The molecule has 2 rings (SSSR count). The summed E-state index contributed by atoms with van der Waals surface area (Å²) in [5, 5.41) is 38.2. The van der Waals surface area contributed by atoms with Crippen LogP contribution in [-0.2, 0) is 11.2 Å². The predicted molar refractivity (Wildman–Crippen MR) is 128 cm³/mol. The number of aliphatic carboxylic acids is 1. The van der Waals surface area contributed by atoms with Crippen LogP contribution < -0.4 is 5.73 Å². The topological polar surface area (TPSA) is 127 Å². The molecule has 6 N–H and O–H groups in total. The van der Waals surface area contributed by atoms with Crippen molar-refractivity contribution >= 4 is 37.9 Å². The third kappa shape index (κ3) is 10.5. The highest BCUT2D eigenvalue weighted by atomic mass is 35.5. The van der Waals surface area contributed by atoms with E-state index in [2.05, 4.69) is 17.0 Å². The SMILES string of the molecule is Cl.Cl.NC(CCCCB(O)O)(CCN1CCC(O)(CCc2ccccc2)CC1)C(=O)O. The van der Waals surface area contributed by atoms with Crippen molar-refractivity contribution < 1.29 is 25.1 Å². The lowest BCUT2D eigenvalue weighted by Crippen LogP contribution is -2.52. The third-order valence-corrected chi connectivity index (χ3v) is 6.14. The second-order valence-corrected chi connectivity index (χ2v) is 8.49. The highest BCUT2D eigenvalue weighted by Gasteiger charge is 2.36. The summed E-state index contributed by atoms with van der Waals surface area (Å²) < 4.78 is 0. The number of nitrogens with zero attached hydrogens (tertiary/aromatic N) is 1. The summed E-state index contributed by atoms with van der Waals surface area (Å²) in [5.41, 5.74) is 5.40. The average Bonchev–Trinajstić information content (AvgIpc) is 2.70. The van der Waals surface area contributed by atoms with Gasteiger partial charge in [-0.1, -0.05) is 43.2 Å². The van der Waals surface area contributed by atoms with Crippen LogP contribution in [0.1, 0.15) is 50.5 Å². The molecule has 0 bridgehead atoms. The molecule has 0 spiro atoms. The minimum atomic E-state index is -1.36. The number of benzene rings is 1. The molecule has 1 saturated heterocycles.